The Bertz CT molecular complexity index is 503. The molecule has 0 spiro atoms. The van der Waals surface area contributed by atoms with E-state index in [4.69, 9.17) is 9.47 Å². The van der Waals surface area contributed by atoms with Crippen molar-refractivity contribution in [1.82, 2.24) is 5.32 Å². The minimum atomic E-state index is -0.491. The number of hydrogen-bond donors (Lipinski definition) is 2. The molecule has 22 heavy (non-hydrogen) atoms. The number of nitrogens with one attached hydrogen (secondary N) is 1. The molecule has 3 unspecified atom stereocenters. The maximum atomic E-state index is 9.93. The van der Waals surface area contributed by atoms with Crippen LogP contribution in [0.5, 0.6) is 11.5 Å². The van der Waals surface area contributed by atoms with Crippen molar-refractivity contribution in [3.63, 3.8) is 0 Å². The van der Waals surface area contributed by atoms with Crippen molar-refractivity contribution < 1.29 is 14.6 Å². The molecule has 2 N–H and O–H groups in total. The number of aliphatic hydroxyl groups is 1. The van der Waals surface area contributed by atoms with E-state index >= 15 is 0 Å². The van der Waals surface area contributed by atoms with E-state index in [9.17, 15) is 5.11 Å². The van der Waals surface area contributed by atoms with Gasteiger partial charge in [-0.2, -0.15) is 0 Å². The summed E-state index contributed by atoms with van der Waals surface area (Å²) < 4.78 is 11.8. The zero-order chi connectivity index (χ0) is 15.5. The Morgan fingerprint density at radius 2 is 2.14 bits per heavy atom. The van der Waals surface area contributed by atoms with Crippen LogP contribution in [0.2, 0.25) is 0 Å². The highest BCUT2D eigenvalue weighted by Gasteiger charge is 2.36. The minimum absolute atomic E-state index is 0.313. The Kier molecular flexibility index (Phi) is 4.89. The lowest BCUT2D eigenvalue weighted by Crippen LogP contribution is -2.35. The molecule has 122 valence electrons. The zero-order valence-electron chi connectivity index (χ0n) is 13.5. The molecule has 0 aromatic heterocycles. The Balaban J connectivity index is 1.58. The first-order chi connectivity index (χ1) is 10.6. The van der Waals surface area contributed by atoms with Crippen molar-refractivity contribution in [2.75, 3.05) is 13.2 Å². The first kappa shape index (κ1) is 15.6. The maximum Gasteiger partial charge on any atom is 0.123 e. The van der Waals surface area contributed by atoms with Gasteiger partial charge in [0.2, 0.25) is 0 Å². The molecule has 1 aliphatic heterocycles. The van der Waals surface area contributed by atoms with Gasteiger partial charge in [-0.15, -0.1) is 0 Å². The van der Waals surface area contributed by atoms with Crippen molar-refractivity contribution in [3.8, 4) is 11.5 Å². The van der Waals surface area contributed by atoms with E-state index in [1.54, 1.807) is 0 Å². The number of hydrogen-bond acceptors (Lipinski definition) is 4. The van der Waals surface area contributed by atoms with Crippen LogP contribution in [0.15, 0.2) is 18.2 Å². The molecule has 4 heteroatoms. The highest BCUT2D eigenvalue weighted by molar-refractivity contribution is 5.46. The molecule has 0 amide bonds. The quantitative estimate of drug-likeness (QED) is 0.848. The van der Waals surface area contributed by atoms with Crippen LogP contribution in [0, 0.1) is 0 Å². The number of rotatable bonds is 6. The molecular weight excluding hydrogens is 278 g/mol. The Morgan fingerprint density at radius 1 is 1.32 bits per heavy atom. The average molecular weight is 305 g/mol. The standard InChI is InChI=1S/C18H27NO3/c1-12(2)19-10-13(20)11-21-14-7-8-18-16(9-14)15-5-3-4-6-17(15)22-18/h7-9,12-13,15,17,19-20H,3-6,10-11H2,1-2H3. The van der Waals surface area contributed by atoms with E-state index in [1.807, 2.05) is 12.1 Å². The van der Waals surface area contributed by atoms with Gasteiger partial charge in [0, 0.05) is 24.1 Å². The van der Waals surface area contributed by atoms with Gasteiger partial charge in [-0.3, -0.25) is 0 Å². The predicted molar refractivity (Wildman–Crippen MR) is 86.7 cm³/mol. The highest BCUT2D eigenvalue weighted by atomic mass is 16.5. The second-order valence-electron chi connectivity index (χ2n) is 6.77. The van der Waals surface area contributed by atoms with Gasteiger partial charge in [0.25, 0.3) is 0 Å². The fraction of sp³-hybridized carbons (Fsp3) is 0.667. The van der Waals surface area contributed by atoms with Crippen LogP contribution in [-0.4, -0.2) is 36.5 Å². The minimum Gasteiger partial charge on any atom is -0.491 e. The number of fused-ring (bicyclic) bond motifs is 3. The third-order valence-corrected chi connectivity index (χ3v) is 4.57. The smallest absolute Gasteiger partial charge is 0.123 e. The molecule has 0 saturated heterocycles. The lowest BCUT2D eigenvalue weighted by atomic mass is 9.83. The molecule has 0 bridgehead atoms. The molecule has 3 atom stereocenters. The van der Waals surface area contributed by atoms with Crippen molar-refractivity contribution in [2.45, 2.75) is 63.7 Å². The van der Waals surface area contributed by atoms with Gasteiger partial charge in [0.1, 0.15) is 30.3 Å². The van der Waals surface area contributed by atoms with Crippen LogP contribution in [-0.2, 0) is 0 Å². The van der Waals surface area contributed by atoms with Crippen LogP contribution in [0.4, 0.5) is 0 Å². The van der Waals surface area contributed by atoms with Crippen LogP contribution >= 0.6 is 0 Å². The summed E-state index contributed by atoms with van der Waals surface area (Å²) in [5, 5.41) is 13.1. The number of aliphatic hydroxyl groups excluding tert-OH is 1. The summed E-state index contributed by atoms with van der Waals surface area (Å²) in [4.78, 5) is 0. The van der Waals surface area contributed by atoms with Crippen molar-refractivity contribution in [2.24, 2.45) is 0 Å². The Labute approximate surface area is 132 Å². The topological polar surface area (TPSA) is 50.7 Å². The predicted octanol–water partition coefficient (Wildman–Crippen LogP) is 2.84. The van der Waals surface area contributed by atoms with Gasteiger partial charge in [0.15, 0.2) is 0 Å². The lowest BCUT2D eigenvalue weighted by molar-refractivity contribution is 0.104. The molecule has 1 aromatic carbocycles. The van der Waals surface area contributed by atoms with Gasteiger partial charge in [-0.1, -0.05) is 20.3 Å². The van der Waals surface area contributed by atoms with E-state index in [1.165, 1.54) is 24.8 Å². The van der Waals surface area contributed by atoms with Crippen LogP contribution < -0.4 is 14.8 Å². The second-order valence-corrected chi connectivity index (χ2v) is 6.77. The molecule has 2 aliphatic rings. The summed E-state index contributed by atoms with van der Waals surface area (Å²) in [7, 11) is 0. The van der Waals surface area contributed by atoms with Crippen molar-refractivity contribution in [1.29, 1.82) is 0 Å². The highest BCUT2D eigenvalue weighted by Crippen LogP contribution is 2.46. The van der Waals surface area contributed by atoms with E-state index in [2.05, 4.69) is 25.2 Å². The zero-order valence-corrected chi connectivity index (χ0v) is 13.5. The van der Waals surface area contributed by atoms with E-state index in [0.717, 1.165) is 17.9 Å². The number of benzene rings is 1. The molecule has 0 radical (unpaired) electrons. The first-order valence-corrected chi connectivity index (χ1v) is 8.48. The second kappa shape index (κ2) is 6.88. The third-order valence-electron chi connectivity index (χ3n) is 4.57. The molecule has 1 saturated carbocycles. The first-order valence-electron chi connectivity index (χ1n) is 8.48. The van der Waals surface area contributed by atoms with Crippen LogP contribution in [0.1, 0.15) is 51.0 Å². The lowest BCUT2D eigenvalue weighted by Gasteiger charge is -2.23. The fourth-order valence-electron chi connectivity index (χ4n) is 3.39. The van der Waals surface area contributed by atoms with Crippen molar-refractivity contribution in [3.05, 3.63) is 23.8 Å². The summed E-state index contributed by atoms with van der Waals surface area (Å²) in [6.07, 6.45) is 4.80. The molecule has 1 aromatic rings. The third kappa shape index (κ3) is 3.55. The number of ether oxygens (including phenoxy) is 2. The SMILES string of the molecule is CC(C)NCC(O)COc1ccc2c(c1)C1CCCCC1O2. The van der Waals surface area contributed by atoms with Gasteiger partial charge < -0.3 is 19.9 Å². The van der Waals surface area contributed by atoms with Crippen LogP contribution in [0.25, 0.3) is 0 Å². The molecule has 1 fully saturated rings. The maximum absolute atomic E-state index is 9.93. The van der Waals surface area contributed by atoms with E-state index < -0.39 is 6.10 Å². The largest absolute Gasteiger partial charge is 0.491 e. The molecule has 4 nitrogen and oxygen atoms in total. The van der Waals surface area contributed by atoms with Gasteiger partial charge in [0.05, 0.1) is 0 Å². The summed E-state index contributed by atoms with van der Waals surface area (Å²) >= 11 is 0. The molecule has 1 heterocycles. The van der Waals surface area contributed by atoms with Gasteiger partial charge in [-0.05, 0) is 37.5 Å². The van der Waals surface area contributed by atoms with E-state index in [0.29, 0.717) is 31.2 Å². The average Bonchev–Trinajstić information content (AvgIpc) is 2.89. The fourth-order valence-corrected chi connectivity index (χ4v) is 3.39. The summed E-state index contributed by atoms with van der Waals surface area (Å²) in [5.74, 6) is 2.38. The van der Waals surface area contributed by atoms with Crippen LogP contribution in [0.3, 0.4) is 0 Å². The Morgan fingerprint density at radius 3 is 2.95 bits per heavy atom. The van der Waals surface area contributed by atoms with Crippen molar-refractivity contribution >= 4 is 0 Å². The van der Waals surface area contributed by atoms with Gasteiger partial charge >= 0.3 is 0 Å². The molecular formula is C18H27NO3. The molecule has 1 aliphatic carbocycles. The summed E-state index contributed by atoms with van der Waals surface area (Å²) in [6, 6.07) is 6.43. The summed E-state index contributed by atoms with van der Waals surface area (Å²) in [5.41, 5.74) is 1.29. The monoisotopic (exact) mass is 305 g/mol. The molecule has 3 rings (SSSR count). The summed E-state index contributed by atoms with van der Waals surface area (Å²) in [6.45, 7) is 4.99. The van der Waals surface area contributed by atoms with Gasteiger partial charge in [-0.25, -0.2) is 0 Å². The van der Waals surface area contributed by atoms with E-state index in [-0.39, 0.29) is 0 Å². The normalized spacial score (nSPS) is 24.5. The Hall–Kier alpha value is -1.26.